The zero-order valence-electron chi connectivity index (χ0n) is 21.6. The van der Waals surface area contributed by atoms with Gasteiger partial charge in [0, 0.05) is 36.1 Å². The van der Waals surface area contributed by atoms with Crippen LogP contribution in [0.4, 0.5) is 13.2 Å². The van der Waals surface area contributed by atoms with Gasteiger partial charge in [-0.1, -0.05) is 17.3 Å². The minimum absolute atomic E-state index is 0.00147. The van der Waals surface area contributed by atoms with Crippen LogP contribution in [-0.2, 0) is 29.2 Å². The predicted octanol–water partition coefficient (Wildman–Crippen LogP) is 5.97. The lowest BCUT2D eigenvalue weighted by Gasteiger charge is -2.14. The van der Waals surface area contributed by atoms with Crippen LogP contribution in [0, 0.1) is 17.5 Å². The second-order valence-corrected chi connectivity index (χ2v) is 9.38. The number of hydrogen-bond acceptors (Lipinski definition) is 6. The molecular weight excluding hydrogens is 539 g/mol. The van der Waals surface area contributed by atoms with Crippen molar-refractivity contribution in [2.75, 3.05) is 0 Å². The van der Waals surface area contributed by atoms with Crippen molar-refractivity contribution >= 4 is 16.9 Å². The van der Waals surface area contributed by atoms with E-state index in [9.17, 15) is 22.8 Å². The summed E-state index contributed by atoms with van der Waals surface area (Å²) in [6.07, 6.45) is 1.22. The zero-order valence-corrected chi connectivity index (χ0v) is 21.6. The molecule has 3 aromatic carbocycles. The molecule has 0 amide bonds. The maximum Gasteiger partial charge on any atom is 0.303 e. The number of aryl methyl sites for hydroxylation is 1. The minimum Gasteiger partial charge on any atom is -0.481 e. The van der Waals surface area contributed by atoms with E-state index in [1.165, 1.54) is 34.9 Å². The molecule has 2 heterocycles. The van der Waals surface area contributed by atoms with Crippen molar-refractivity contribution in [2.24, 2.45) is 0 Å². The van der Waals surface area contributed by atoms with Gasteiger partial charge in [0.1, 0.15) is 35.6 Å². The van der Waals surface area contributed by atoms with E-state index in [1.807, 2.05) is 0 Å². The maximum absolute atomic E-state index is 13.8. The second kappa shape index (κ2) is 12.2. The van der Waals surface area contributed by atoms with Gasteiger partial charge in [0.05, 0.1) is 23.2 Å². The fourth-order valence-electron chi connectivity index (χ4n) is 4.39. The Morgan fingerprint density at radius 2 is 1.71 bits per heavy atom. The molecule has 0 spiro atoms. The first-order chi connectivity index (χ1) is 19.8. The van der Waals surface area contributed by atoms with Crippen LogP contribution in [-0.4, -0.2) is 25.8 Å². The first-order valence-corrected chi connectivity index (χ1v) is 12.8. The quantitative estimate of drug-likeness (QED) is 0.197. The number of aliphatic carboxylic acids is 1. The standard InChI is InChI=1S/C30H24F3N3O5/c31-20-8-10-22(11-9-20)36-28(3-1-2-4-29(37)38)34-27-13-18(6-12-24(27)30(36)39)26-15-23(41-35-26)17-40-16-19-5-7-21(32)14-25(19)33/h5-15H,1-4,16-17H2,(H,37,38). The lowest BCUT2D eigenvalue weighted by Crippen LogP contribution is -2.24. The Morgan fingerprint density at radius 1 is 0.927 bits per heavy atom. The third kappa shape index (κ3) is 6.52. The third-order valence-corrected chi connectivity index (χ3v) is 6.44. The van der Waals surface area contributed by atoms with Gasteiger partial charge in [-0.05, 0) is 55.3 Å². The van der Waals surface area contributed by atoms with Crippen LogP contribution in [0.25, 0.3) is 27.8 Å². The van der Waals surface area contributed by atoms with Crippen molar-refractivity contribution < 1.29 is 32.3 Å². The van der Waals surface area contributed by atoms with E-state index in [0.29, 0.717) is 58.7 Å². The molecule has 0 aliphatic rings. The lowest BCUT2D eigenvalue weighted by molar-refractivity contribution is -0.137. The molecule has 1 N–H and O–H groups in total. The van der Waals surface area contributed by atoms with Crippen molar-refractivity contribution in [3.05, 3.63) is 112 Å². The summed E-state index contributed by atoms with van der Waals surface area (Å²) in [6, 6.07) is 15.4. The van der Waals surface area contributed by atoms with Gasteiger partial charge in [0.25, 0.3) is 5.56 Å². The molecule has 5 rings (SSSR count). The zero-order chi connectivity index (χ0) is 28.9. The predicted molar refractivity (Wildman–Crippen MR) is 143 cm³/mol. The van der Waals surface area contributed by atoms with E-state index in [1.54, 1.807) is 24.3 Å². The Hall–Kier alpha value is -4.77. The molecule has 5 aromatic rings. The Bertz CT molecular complexity index is 1770. The molecular formula is C30H24F3N3O5. The molecule has 11 heteroatoms. The number of rotatable bonds is 11. The van der Waals surface area contributed by atoms with Crippen LogP contribution in [0.5, 0.6) is 0 Å². The Labute approximate surface area is 231 Å². The number of fused-ring (bicyclic) bond motifs is 1. The number of nitrogens with zero attached hydrogens (tertiary/aromatic N) is 3. The first-order valence-electron chi connectivity index (χ1n) is 12.8. The second-order valence-electron chi connectivity index (χ2n) is 9.38. The third-order valence-electron chi connectivity index (χ3n) is 6.44. The molecule has 0 atom stereocenters. The number of aromatic nitrogens is 3. The van der Waals surface area contributed by atoms with Crippen LogP contribution in [0.15, 0.2) is 76.0 Å². The number of halogens is 3. The summed E-state index contributed by atoms with van der Waals surface area (Å²) >= 11 is 0. The Balaban J connectivity index is 1.40. The molecule has 0 saturated heterocycles. The highest BCUT2D eigenvalue weighted by Gasteiger charge is 2.16. The summed E-state index contributed by atoms with van der Waals surface area (Å²) in [4.78, 5) is 29.2. The summed E-state index contributed by atoms with van der Waals surface area (Å²) < 4.78 is 52.7. The molecule has 0 bridgehead atoms. The SMILES string of the molecule is O=C(O)CCCCc1nc2cc(-c3cc(COCc4ccc(F)cc4F)on3)ccc2c(=O)n1-c1ccc(F)cc1. The van der Waals surface area contributed by atoms with Crippen LogP contribution < -0.4 is 5.56 Å². The van der Waals surface area contributed by atoms with E-state index < -0.39 is 23.4 Å². The highest BCUT2D eigenvalue weighted by molar-refractivity contribution is 5.83. The van der Waals surface area contributed by atoms with Crippen molar-refractivity contribution in [2.45, 2.75) is 38.9 Å². The van der Waals surface area contributed by atoms with Gasteiger partial charge in [-0.15, -0.1) is 0 Å². The highest BCUT2D eigenvalue weighted by Crippen LogP contribution is 2.24. The largest absolute Gasteiger partial charge is 0.481 e. The molecule has 8 nitrogen and oxygen atoms in total. The van der Waals surface area contributed by atoms with Crippen LogP contribution in [0.2, 0.25) is 0 Å². The van der Waals surface area contributed by atoms with Crippen molar-refractivity contribution in [1.82, 2.24) is 14.7 Å². The maximum atomic E-state index is 13.8. The number of hydrogen-bond donors (Lipinski definition) is 1. The van der Waals surface area contributed by atoms with Crippen LogP contribution >= 0.6 is 0 Å². The topological polar surface area (TPSA) is 107 Å². The molecule has 0 saturated carbocycles. The van der Waals surface area contributed by atoms with Crippen LogP contribution in [0.3, 0.4) is 0 Å². The van der Waals surface area contributed by atoms with Gasteiger partial charge < -0.3 is 14.4 Å². The monoisotopic (exact) mass is 563 g/mol. The van der Waals surface area contributed by atoms with Gasteiger partial charge in [0.15, 0.2) is 5.76 Å². The number of benzene rings is 3. The van der Waals surface area contributed by atoms with E-state index in [2.05, 4.69) is 5.16 Å². The van der Waals surface area contributed by atoms with E-state index in [0.717, 1.165) is 12.1 Å². The van der Waals surface area contributed by atoms with Gasteiger partial charge in [0.2, 0.25) is 0 Å². The molecule has 0 aliphatic carbocycles. The minimum atomic E-state index is -0.906. The van der Waals surface area contributed by atoms with Crippen LogP contribution in [0.1, 0.15) is 36.4 Å². The summed E-state index contributed by atoms with van der Waals surface area (Å²) in [6.45, 7) is -0.0872. The Kier molecular flexibility index (Phi) is 8.25. The summed E-state index contributed by atoms with van der Waals surface area (Å²) in [5.74, 6) is -1.93. The average Bonchev–Trinajstić information content (AvgIpc) is 3.42. The number of carbonyl (C=O) groups is 1. The summed E-state index contributed by atoms with van der Waals surface area (Å²) in [5.41, 5.74) is 1.81. The van der Waals surface area contributed by atoms with Crippen molar-refractivity contribution in [3.63, 3.8) is 0 Å². The fourth-order valence-corrected chi connectivity index (χ4v) is 4.39. The molecule has 0 radical (unpaired) electrons. The molecule has 2 aromatic heterocycles. The summed E-state index contributed by atoms with van der Waals surface area (Å²) in [5, 5.41) is 13.4. The van der Waals surface area contributed by atoms with E-state index in [4.69, 9.17) is 19.4 Å². The molecule has 0 fully saturated rings. The van der Waals surface area contributed by atoms with Gasteiger partial charge >= 0.3 is 5.97 Å². The van der Waals surface area contributed by atoms with Crippen molar-refractivity contribution in [3.8, 4) is 16.9 Å². The smallest absolute Gasteiger partial charge is 0.303 e. The average molecular weight is 564 g/mol. The van der Waals surface area contributed by atoms with E-state index in [-0.39, 0.29) is 30.8 Å². The summed E-state index contributed by atoms with van der Waals surface area (Å²) in [7, 11) is 0. The van der Waals surface area contributed by atoms with Gasteiger partial charge in [-0.2, -0.15) is 0 Å². The highest BCUT2D eigenvalue weighted by atomic mass is 19.1. The number of carboxylic acid groups (broad SMARTS) is 1. The fraction of sp³-hybridized carbons (Fsp3) is 0.200. The molecule has 41 heavy (non-hydrogen) atoms. The number of ether oxygens (including phenoxy) is 1. The normalized spacial score (nSPS) is 11.3. The van der Waals surface area contributed by atoms with Gasteiger partial charge in [-0.25, -0.2) is 18.2 Å². The molecule has 0 unspecified atom stereocenters. The van der Waals surface area contributed by atoms with E-state index >= 15 is 0 Å². The number of carboxylic acids is 1. The van der Waals surface area contributed by atoms with Gasteiger partial charge in [-0.3, -0.25) is 14.2 Å². The van der Waals surface area contributed by atoms with Crippen molar-refractivity contribution in [1.29, 1.82) is 0 Å². The number of unbranched alkanes of at least 4 members (excludes halogenated alkanes) is 1. The Morgan fingerprint density at radius 3 is 2.46 bits per heavy atom. The lowest BCUT2D eigenvalue weighted by atomic mass is 10.1. The molecule has 0 aliphatic heterocycles. The molecule has 210 valence electrons. The first kappa shape index (κ1) is 27.8.